The number of benzene rings is 1. The van der Waals surface area contributed by atoms with Crippen molar-refractivity contribution >= 4 is 56.4 Å². The summed E-state index contributed by atoms with van der Waals surface area (Å²) in [6.07, 6.45) is 5.19. The minimum atomic E-state index is -0.454. The predicted molar refractivity (Wildman–Crippen MR) is 184 cm³/mol. The van der Waals surface area contributed by atoms with E-state index in [2.05, 4.69) is 52.2 Å². The Morgan fingerprint density at radius 1 is 0.652 bits per heavy atom. The van der Waals surface area contributed by atoms with Crippen LogP contribution in [0.2, 0.25) is 0 Å². The molecule has 2 aliphatic rings. The van der Waals surface area contributed by atoms with Crippen LogP contribution in [0.5, 0.6) is 0 Å². The number of hydrogen-bond donors (Lipinski definition) is 2. The van der Waals surface area contributed by atoms with Crippen LogP contribution in [0.15, 0.2) is 24.3 Å². The Labute approximate surface area is 279 Å². The fraction of sp³-hybridized carbons (Fsp3) is 0.500. The summed E-state index contributed by atoms with van der Waals surface area (Å²) in [5, 5.41) is 6.86. The maximum atomic E-state index is 13.3. The second-order valence-electron chi connectivity index (χ2n) is 14.5. The van der Waals surface area contributed by atoms with Gasteiger partial charge in [-0.25, -0.2) is 9.59 Å². The molecule has 2 aliphatic carbocycles. The van der Waals surface area contributed by atoms with Gasteiger partial charge in [-0.05, 0) is 96.6 Å². The molecule has 0 saturated carbocycles. The van der Waals surface area contributed by atoms with Gasteiger partial charge in [-0.1, -0.05) is 41.5 Å². The van der Waals surface area contributed by atoms with Gasteiger partial charge in [-0.2, -0.15) is 0 Å². The van der Waals surface area contributed by atoms with Crippen LogP contribution < -0.4 is 10.6 Å². The van der Waals surface area contributed by atoms with Crippen molar-refractivity contribution in [3.05, 3.63) is 67.4 Å². The Kier molecular flexibility index (Phi) is 9.53. The fourth-order valence-electron chi connectivity index (χ4n) is 6.59. The topological polar surface area (TPSA) is 111 Å². The number of fused-ring (bicyclic) bond motifs is 2. The molecule has 2 atom stereocenters. The van der Waals surface area contributed by atoms with Crippen molar-refractivity contribution in [3.8, 4) is 0 Å². The zero-order chi connectivity index (χ0) is 33.6. The van der Waals surface area contributed by atoms with Crippen LogP contribution in [0, 0.1) is 22.7 Å². The van der Waals surface area contributed by atoms with E-state index in [9.17, 15) is 19.2 Å². The molecule has 10 heteroatoms. The van der Waals surface area contributed by atoms with Crippen LogP contribution >= 0.6 is 22.7 Å². The SMILES string of the molecule is COC(=O)c1c(NC(=O)c2ccc(C(=O)Nc3sc4c(c3C(=O)OC)CCC(C(C)(C)C)C4)cc2)sc2c1CCC(C(C)(C)C)C2. The number of nitrogens with one attached hydrogen (secondary N) is 2. The van der Waals surface area contributed by atoms with Crippen molar-refractivity contribution in [1.29, 1.82) is 0 Å². The smallest absolute Gasteiger partial charge is 0.341 e. The van der Waals surface area contributed by atoms with Crippen molar-refractivity contribution in [3.63, 3.8) is 0 Å². The lowest BCUT2D eigenvalue weighted by molar-refractivity contribution is 0.0591. The summed E-state index contributed by atoms with van der Waals surface area (Å²) in [4.78, 5) is 54.5. The molecule has 2 unspecified atom stereocenters. The molecule has 1 aromatic carbocycles. The van der Waals surface area contributed by atoms with Gasteiger partial charge in [0.25, 0.3) is 11.8 Å². The minimum Gasteiger partial charge on any atom is -0.465 e. The van der Waals surface area contributed by atoms with E-state index in [1.54, 1.807) is 24.3 Å². The Hall–Kier alpha value is -3.50. The zero-order valence-corrected chi connectivity index (χ0v) is 29.6. The van der Waals surface area contributed by atoms with Gasteiger partial charge < -0.3 is 20.1 Å². The Balaban J connectivity index is 1.33. The number of carbonyl (C=O) groups is 4. The van der Waals surface area contributed by atoms with Gasteiger partial charge in [0.1, 0.15) is 10.0 Å². The second kappa shape index (κ2) is 13.0. The highest BCUT2D eigenvalue weighted by Gasteiger charge is 2.36. The van der Waals surface area contributed by atoms with Crippen molar-refractivity contribution in [2.75, 3.05) is 24.9 Å². The van der Waals surface area contributed by atoms with E-state index >= 15 is 0 Å². The van der Waals surface area contributed by atoms with Gasteiger partial charge in [0.05, 0.1) is 25.3 Å². The third-order valence-corrected chi connectivity index (χ3v) is 12.0. The van der Waals surface area contributed by atoms with Gasteiger partial charge >= 0.3 is 11.9 Å². The largest absolute Gasteiger partial charge is 0.465 e. The van der Waals surface area contributed by atoms with Gasteiger partial charge in [-0.3, -0.25) is 9.59 Å². The number of esters is 2. The highest BCUT2D eigenvalue weighted by molar-refractivity contribution is 7.17. The molecule has 0 fully saturated rings. The molecular weight excluding hydrogens is 621 g/mol. The highest BCUT2D eigenvalue weighted by atomic mass is 32.1. The minimum absolute atomic E-state index is 0.142. The lowest BCUT2D eigenvalue weighted by atomic mass is 9.72. The molecule has 8 nitrogen and oxygen atoms in total. The van der Waals surface area contributed by atoms with Gasteiger partial charge in [-0.15, -0.1) is 22.7 Å². The van der Waals surface area contributed by atoms with E-state index in [0.29, 0.717) is 44.1 Å². The van der Waals surface area contributed by atoms with E-state index in [1.165, 1.54) is 36.9 Å². The molecule has 0 spiro atoms. The molecule has 3 aromatic rings. The molecule has 2 aromatic heterocycles. The Morgan fingerprint density at radius 3 is 1.30 bits per heavy atom. The molecule has 46 heavy (non-hydrogen) atoms. The third kappa shape index (κ3) is 6.79. The number of ether oxygens (including phenoxy) is 2. The zero-order valence-electron chi connectivity index (χ0n) is 28.0. The summed E-state index contributed by atoms with van der Waals surface area (Å²) < 4.78 is 10.2. The first-order valence-corrected chi connectivity index (χ1v) is 17.4. The molecule has 0 bridgehead atoms. The van der Waals surface area contributed by atoms with E-state index in [4.69, 9.17) is 9.47 Å². The molecule has 0 aliphatic heterocycles. The highest BCUT2D eigenvalue weighted by Crippen LogP contribution is 2.46. The standard InChI is InChI=1S/C36H44N2O6S2/c1-35(2,3)21-13-15-23-25(17-21)45-31(27(23)33(41)43-7)37-29(39)19-9-11-20(12-10-19)30(40)38-32-28(34(42)44-8)24-16-14-22(36(4,5)6)18-26(24)46-32/h9-12,21-22H,13-18H2,1-8H3,(H,37,39)(H,38,40). The summed E-state index contributed by atoms with van der Waals surface area (Å²) in [6.45, 7) is 13.4. The van der Waals surface area contributed by atoms with Crippen LogP contribution in [0.1, 0.15) is 117 Å². The quantitative estimate of drug-likeness (QED) is 0.257. The molecule has 2 heterocycles. The first kappa shape index (κ1) is 33.9. The second-order valence-corrected chi connectivity index (χ2v) is 16.7. The summed E-state index contributed by atoms with van der Waals surface area (Å²) in [7, 11) is 2.70. The fourth-order valence-corrected chi connectivity index (χ4v) is 9.21. The summed E-state index contributed by atoms with van der Waals surface area (Å²) in [5.41, 5.74) is 3.79. The Morgan fingerprint density at radius 2 is 1.00 bits per heavy atom. The lowest BCUT2D eigenvalue weighted by Gasteiger charge is -2.33. The average molecular weight is 665 g/mol. The molecule has 0 radical (unpaired) electrons. The van der Waals surface area contributed by atoms with E-state index in [-0.39, 0.29) is 22.6 Å². The maximum Gasteiger partial charge on any atom is 0.341 e. The van der Waals surface area contributed by atoms with Crippen LogP contribution in [-0.2, 0) is 35.2 Å². The number of rotatable bonds is 6. The summed E-state index contributed by atoms with van der Waals surface area (Å²) in [5.74, 6) is -0.704. The van der Waals surface area contributed by atoms with Crippen LogP contribution in [0.4, 0.5) is 10.0 Å². The van der Waals surface area contributed by atoms with Crippen LogP contribution in [0.3, 0.4) is 0 Å². The third-order valence-electron chi connectivity index (χ3n) is 9.62. The molecular formula is C36H44N2O6S2. The maximum absolute atomic E-state index is 13.3. The van der Waals surface area contributed by atoms with Crippen molar-refractivity contribution < 1.29 is 28.7 Å². The normalized spacial score (nSPS) is 17.8. The number of amides is 2. The first-order valence-electron chi connectivity index (χ1n) is 15.8. The predicted octanol–water partition coefficient (Wildman–Crippen LogP) is 8.19. The van der Waals surface area contributed by atoms with Crippen molar-refractivity contribution in [1.82, 2.24) is 0 Å². The van der Waals surface area contributed by atoms with E-state index < -0.39 is 11.9 Å². The van der Waals surface area contributed by atoms with Crippen molar-refractivity contribution in [2.24, 2.45) is 22.7 Å². The van der Waals surface area contributed by atoms with Gasteiger partial charge in [0, 0.05) is 20.9 Å². The van der Waals surface area contributed by atoms with Gasteiger partial charge in [0.15, 0.2) is 0 Å². The number of carbonyl (C=O) groups excluding carboxylic acids is 4. The molecule has 2 amide bonds. The number of thiophene rings is 2. The number of hydrogen-bond acceptors (Lipinski definition) is 8. The lowest BCUT2D eigenvalue weighted by Crippen LogP contribution is -2.26. The van der Waals surface area contributed by atoms with E-state index in [1.807, 2.05) is 0 Å². The summed E-state index contributed by atoms with van der Waals surface area (Å²) in [6, 6.07) is 6.33. The van der Waals surface area contributed by atoms with E-state index in [0.717, 1.165) is 59.4 Å². The molecule has 2 N–H and O–H groups in total. The number of methoxy groups -OCH3 is 2. The first-order chi connectivity index (χ1) is 21.6. The van der Waals surface area contributed by atoms with Crippen LogP contribution in [-0.4, -0.2) is 38.0 Å². The molecule has 5 rings (SSSR count). The Bertz CT molecular complexity index is 1550. The average Bonchev–Trinajstić information content (AvgIpc) is 3.55. The summed E-state index contributed by atoms with van der Waals surface area (Å²) >= 11 is 2.88. The van der Waals surface area contributed by atoms with Crippen LogP contribution in [0.25, 0.3) is 0 Å². The number of anilines is 2. The molecule has 246 valence electrons. The molecule has 0 saturated heterocycles. The monoisotopic (exact) mass is 664 g/mol. The van der Waals surface area contributed by atoms with Gasteiger partial charge in [0.2, 0.25) is 0 Å². The van der Waals surface area contributed by atoms with Crippen molar-refractivity contribution in [2.45, 2.75) is 80.1 Å².